The molecular formula is C18H19NO2. The molecule has 0 fully saturated rings. The van der Waals surface area contributed by atoms with E-state index in [4.69, 9.17) is 9.47 Å². The summed E-state index contributed by atoms with van der Waals surface area (Å²) in [5, 5.41) is 0. The van der Waals surface area contributed by atoms with Crippen LogP contribution < -0.4 is 9.47 Å². The average Bonchev–Trinajstić information content (AvgIpc) is 2.55. The fraction of sp³-hybridized carbons (Fsp3) is 0.333. The Morgan fingerprint density at radius 3 is 2.81 bits per heavy atom. The third-order valence-corrected chi connectivity index (χ3v) is 4.16. The average molecular weight is 281 g/mol. The second-order valence-corrected chi connectivity index (χ2v) is 5.73. The molecule has 108 valence electrons. The molecule has 0 aliphatic carbocycles. The van der Waals surface area contributed by atoms with E-state index >= 15 is 0 Å². The Labute approximate surface area is 125 Å². The number of nitrogens with zero attached hydrogens (tertiary/aromatic N) is 1. The third kappa shape index (κ3) is 2.49. The van der Waals surface area contributed by atoms with E-state index in [2.05, 4.69) is 47.4 Å². The maximum Gasteiger partial charge on any atom is 0.142 e. The van der Waals surface area contributed by atoms with Crippen molar-refractivity contribution in [3.63, 3.8) is 0 Å². The Morgan fingerprint density at radius 2 is 1.90 bits per heavy atom. The molecule has 0 saturated heterocycles. The van der Waals surface area contributed by atoms with Gasteiger partial charge in [-0.25, -0.2) is 0 Å². The van der Waals surface area contributed by atoms with Crippen LogP contribution in [0.5, 0.6) is 11.5 Å². The van der Waals surface area contributed by atoms with E-state index in [9.17, 15) is 0 Å². The summed E-state index contributed by atoms with van der Waals surface area (Å²) >= 11 is 0. The third-order valence-electron chi connectivity index (χ3n) is 4.16. The predicted molar refractivity (Wildman–Crippen MR) is 81.4 cm³/mol. The summed E-state index contributed by atoms with van der Waals surface area (Å²) in [5.41, 5.74) is 3.87. The van der Waals surface area contributed by atoms with Crippen molar-refractivity contribution < 1.29 is 9.47 Å². The largest absolute Gasteiger partial charge is 0.493 e. The molecular weight excluding hydrogens is 262 g/mol. The monoisotopic (exact) mass is 281 g/mol. The highest BCUT2D eigenvalue weighted by molar-refractivity contribution is 5.51. The van der Waals surface area contributed by atoms with E-state index in [1.165, 1.54) is 16.7 Å². The zero-order chi connectivity index (χ0) is 14.1. The van der Waals surface area contributed by atoms with Gasteiger partial charge in [-0.05, 0) is 24.5 Å². The van der Waals surface area contributed by atoms with Gasteiger partial charge in [-0.15, -0.1) is 0 Å². The summed E-state index contributed by atoms with van der Waals surface area (Å²) in [4.78, 5) is 2.33. The molecule has 2 aliphatic heterocycles. The van der Waals surface area contributed by atoms with Gasteiger partial charge in [0.2, 0.25) is 0 Å². The molecule has 4 rings (SSSR count). The van der Waals surface area contributed by atoms with Gasteiger partial charge in [0.05, 0.1) is 6.61 Å². The lowest BCUT2D eigenvalue weighted by atomic mass is 10.0. The summed E-state index contributed by atoms with van der Waals surface area (Å²) in [5.74, 6) is 2.08. The van der Waals surface area contributed by atoms with E-state index < -0.39 is 0 Å². The van der Waals surface area contributed by atoms with Crippen LogP contribution in [0.3, 0.4) is 0 Å². The van der Waals surface area contributed by atoms with Crippen LogP contribution in [0.15, 0.2) is 42.5 Å². The van der Waals surface area contributed by atoms with Crippen LogP contribution in [0.2, 0.25) is 0 Å². The number of ether oxygens (including phenoxy) is 2. The SMILES string of the molecule is c1ccc(CN2COc3c(ccc4c3CCCO4)C2)cc1. The second-order valence-electron chi connectivity index (χ2n) is 5.73. The fourth-order valence-corrected chi connectivity index (χ4v) is 3.15. The lowest BCUT2D eigenvalue weighted by molar-refractivity contribution is 0.0864. The molecule has 0 saturated carbocycles. The summed E-state index contributed by atoms with van der Waals surface area (Å²) in [6.45, 7) is 3.34. The zero-order valence-corrected chi connectivity index (χ0v) is 12.0. The number of benzene rings is 2. The van der Waals surface area contributed by atoms with Gasteiger partial charge in [0.25, 0.3) is 0 Å². The number of hydrogen-bond donors (Lipinski definition) is 0. The standard InChI is InChI=1S/C18H19NO2/c1-2-5-14(6-3-1)11-19-12-15-8-9-17-16(7-4-10-20-17)18(15)21-13-19/h1-3,5-6,8-9H,4,7,10-13H2. The smallest absolute Gasteiger partial charge is 0.142 e. The maximum absolute atomic E-state index is 6.05. The molecule has 0 bridgehead atoms. The van der Waals surface area contributed by atoms with Crippen molar-refractivity contribution in [2.24, 2.45) is 0 Å². The fourth-order valence-electron chi connectivity index (χ4n) is 3.15. The van der Waals surface area contributed by atoms with Crippen LogP contribution in [0.25, 0.3) is 0 Å². The Bertz CT molecular complexity index is 639. The number of fused-ring (bicyclic) bond motifs is 3. The van der Waals surface area contributed by atoms with Crippen molar-refractivity contribution in [2.45, 2.75) is 25.9 Å². The molecule has 0 unspecified atom stereocenters. The number of rotatable bonds is 2. The summed E-state index contributed by atoms with van der Waals surface area (Å²) in [7, 11) is 0. The van der Waals surface area contributed by atoms with E-state index in [-0.39, 0.29) is 0 Å². The first-order valence-corrected chi connectivity index (χ1v) is 7.57. The van der Waals surface area contributed by atoms with Gasteiger partial charge in [-0.3, -0.25) is 4.90 Å². The Balaban J connectivity index is 1.55. The first kappa shape index (κ1) is 12.7. The van der Waals surface area contributed by atoms with Crippen molar-refractivity contribution in [1.29, 1.82) is 0 Å². The number of hydrogen-bond acceptors (Lipinski definition) is 3. The van der Waals surface area contributed by atoms with Gasteiger partial charge in [0.15, 0.2) is 0 Å². The zero-order valence-electron chi connectivity index (χ0n) is 12.0. The van der Waals surface area contributed by atoms with Gasteiger partial charge in [-0.2, -0.15) is 0 Å². The quantitative estimate of drug-likeness (QED) is 0.842. The Kier molecular flexibility index (Phi) is 3.28. The highest BCUT2D eigenvalue weighted by Crippen LogP contribution is 2.38. The van der Waals surface area contributed by atoms with Crippen molar-refractivity contribution in [1.82, 2.24) is 4.90 Å². The predicted octanol–water partition coefficient (Wildman–Crippen LogP) is 3.36. The van der Waals surface area contributed by atoms with Crippen LogP contribution in [-0.4, -0.2) is 18.2 Å². The first-order chi connectivity index (χ1) is 10.4. The molecule has 2 aromatic rings. The molecule has 2 aliphatic rings. The maximum atomic E-state index is 6.05. The van der Waals surface area contributed by atoms with E-state index in [0.717, 1.165) is 44.0 Å². The molecule has 0 atom stereocenters. The molecule has 3 nitrogen and oxygen atoms in total. The van der Waals surface area contributed by atoms with Crippen LogP contribution in [0, 0.1) is 0 Å². The molecule has 2 aromatic carbocycles. The van der Waals surface area contributed by atoms with Gasteiger partial charge < -0.3 is 9.47 Å². The summed E-state index contributed by atoms with van der Waals surface area (Å²) < 4.78 is 11.8. The lowest BCUT2D eigenvalue weighted by Crippen LogP contribution is -2.32. The minimum Gasteiger partial charge on any atom is -0.493 e. The molecule has 2 heterocycles. The van der Waals surface area contributed by atoms with Gasteiger partial charge >= 0.3 is 0 Å². The molecule has 0 spiro atoms. The van der Waals surface area contributed by atoms with Crippen molar-refractivity contribution >= 4 is 0 Å². The Morgan fingerprint density at radius 1 is 1.00 bits per heavy atom. The first-order valence-electron chi connectivity index (χ1n) is 7.57. The minimum atomic E-state index is 0.651. The molecule has 3 heteroatoms. The highest BCUT2D eigenvalue weighted by Gasteiger charge is 2.24. The van der Waals surface area contributed by atoms with Crippen molar-refractivity contribution in [3.8, 4) is 11.5 Å². The topological polar surface area (TPSA) is 21.7 Å². The van der Waals surface area contributed by atoms with Crippen molar-refractivity contribution in [3.05, 3.63) is 59.2 Å². The summed E-state index contributed by atoms with van der Waals surface area (Å²) in [6.07, 6.45) is 2.15. The van der Waals surface area contributed by atoms with Gasteiger partial charge in [-0.1, -0.05) is 36.4 Å². The van der Waals surface area contributed by atoms with Crippen LogP contribution in [0.1, 0.15) is 23.1 Å². The normalized spacial score (nSPS) is 17.3. The van der Waals surface area contributed by atoms with E-state index in [0.29, 0.717) is 6.73 Å². The summed E-state index contributed by atoms with van der Waals surface area (Å²) in [6, 6.07) is 14.8. The van der Waals surface area contributed by atoms with E-state index in [1.54, 1.807) is 0 Å². The molecule has 0 aromatic heterocycles. The minimum absolute atomic E-state index is 0.651. The second kappa shape index (κ2) is 5.41. The van der Waals surface area contributed by atoms with Gasteiger partial charge in [0, 0.05) is 24.2 Å². The highest BCUT2D eigenvalue weighted by atomic mass is 16.5. The lowest BCUT2D eigenvalue weighted by Gasteiger charge is -2.32. The molecule has 0 amide bonds. The van der Waals surface area contributed by atoms with Crippen LogP contribution in [-0.2, 0) is 19.5 Å². The molecule has 0 radical (unpaired) electrons. The van der Waals surface area contributed by atoms with E-state index in [1.807, 2.05) is 0 Å². The van der Waals surface area contributed by atoms with Crippen LogP contribution in [0.4, 0.5) is 0 Å². The van der Waals surface area contributed by atoms with Gasteiger partial charge in [0.1, 0.15) is 18.2 Å². The Hall–Kier alpha value is -2.00. The molecule has 0 N–H and O–H groups in total. The van der Waals surface area contributed by atoms with Crippen molar-refractivity contribution in [2.75, 3.05) is 13.3 Å². The molecule has 21 heavy (non-hydrogen) atoms. The van der Waals surface area contributed by atoms with Crippen LogP contribution >= 0.6 is 0 Å².